The van der Waals surface area contributed by atoms with E-state index in [0.717, 1.165) is 5.69 Å². The van der Waals surface area contributed by atoms with Crippen LogP contribution in [0.2, 0.25) is 5.02 Å². The Bertz CT molecular complexity index is 539. The maximum absolute atomic E-state index is 11.7. The van der Waals surface area contributed by atoms with E-state index < -0.39 is 0 Å². The Morgan fingerprint density at radius 3 is 3.00 bits per heavy atom. The predicted octanol–water partition coefficient (Wildman–Crippen LogP) is 1.96. The number of nitrogens with zero attached hydrogens (tertiary/aromatic N) is 2. The summed E-state index contributed by atoms with van der Waals surface area (Å²) in [4.78, 5) is 15.6. The van der Waals surface area contributed by atoms with Crippen LogP contribution in [0.4, 0.5) is 0 Å². The number of hydrogen-bond donors (Lipinski definition) is 1. The molecule has 0 aliphatic heterocycles. The van der Waals surface area contributed by atoms with Crippen molar-refractivity contribution < 1.29 is 9.32 Å². The lowest BCUT2D eigenvalue weighted by molar-refractivity contribution is 0.0942. The van der Waals surface area contributed by atoms with Crippen molar-refractivity contribution in [3.8, 4) is 0 Å². The number of amides is 1. The lowest BCUT2D eigenvalue weighted by Crippen LogP contribution is -2.23. The molecule has 0 unspecified atom stereocenters. The number of pyridine rings is 1. The van der Waals surface area contributed by atoms with Gasteiger partial charge in [0.2, 0.25) is 0 Å². The van der Waals surface area contributed by atoms with Crippen LogP contribution in [0.25, 0.3) is 0 Å². The molecule has 0 aromatic carbocycles. The quantitative estimate of drug-likeness (QED) is 0.906. The second kappa shape index (κ2) is 4.97. The number of nitrogens with one attached hydrogen (secondary N) is 1. The van der Waals surface area contributed by atoms with Gasteiger partial charge in [-0.2, -0.15) is 0 Å². The third-order valence-electron chi connectivity index (χ3n) is 2.05. The van der Waals surface area contributed by atoms with E-state index in [1.165, 1.54) is 12.3 Å². The van der Waals surface area contributed by atoms with Gasteiger partial charge in [0, 0.05) is 17.3 Å². The zero-order chi connectivity index (χ0) is 12.3. The summed E-state index contributed by atoms with van der Waals surface area (Å²) >= 11 is 5.76. The molecule has 0 aliphatic carbocycles. The topological polar surface area (TPSA) is 68.0 Å². The van der Waals surface area contributed by atoms with Crippen LogP contribution < -0.4 is 5.32 Å². The SMILES string of the molecule is Cc1cc(CNC(=O)c2cc(Cl)ccn2)on1. The zero-order valence-electron chi connectivity index (χ0n) is 9.11. The Labute approximate surface area is 103 Å². The predicted molar refractivity (Wildman–Crippen MR) is 61.7 cm³/mol. The average molecular weight is 252 g/mol. The molecule has 1 N–H and O–H groups in total. The van der Waals surface area contributed by atoms with Crippen LogP contribution in [-0.4, -0.2) is 16.0 Å². The van der Waals surface area contributed by atoms with Gasteiger partial charge >= 0.3 is 0 Å². The standard InChI is InChI=1S/C11H10ClN3O2/c1-7-4-9(17-15-7)6-14-11(16)10-5-8(12)2-3-13-10/h2-5H,6H2,1H3,(H,14,16). The summed E-state index contributed by atoms with van der Waals surface area (Å²) in [6, 6.07) is 4.87. The van der Waals surface area contributed by atoms with Crippen molar-refractivity contribution in [2.45, 2.75) is 13.5 Å². The van der Waals surface area contributed by atoms with Gasteiger partial charge in [-0.15, -0.1) is 0 Å². The van der Waals surface area contributed by atoms with Crippen molar-refractivity contribution in [2.75, 3.05) is 0 Å². The molecule has 6 heteroatoms. The Morgan fingerprint density at radius 1 is 1.53 bits per heavy atom. The van der Waals surface area contributed by atoms with Crippen molar-refractivity contribution in [3.05, 3.63) is 46.6 Å². The molecule has 2 aromatic heterocycles. The Balaban J connectivity index is 1.98. The molecule has 0 atom stereocenters. The normalized spacial score (nSPS) is 10.2. The maximum atomic E-state index is 11.7. The minimum Gasteiger partial charge on any atom is -0.359 e. The van der Waals surface area contributed by atoms with E-state index in [2.05, 4.69) is 15.5 Å². The van der Waals surface area contributed by atoms with Crippen LogP contribution in [0, 0.1) is 6.92 Å². The van der Waals surface area contributed by atoms with E-state index in [4.69, 9.17) is 16.1 Å². The van der Waals surface area contributed by atoms with E-state index in [0.29, 0.717) is 10.8 Å². The number of aromatic nitrogens is 2. The molecule has 2 rings (SSSR count). The molecule has 88 valence electrons. The van der Waals surface area contributed by atoms with Gasteiger partial charge in [0.15, 0.2) is 5.76 Å². The lowest BCUT2D eigenvalue weighted by atomic mass is 10.3. The first-order valence-corrected chi connectivity index (χ1v) is 5.35. The Hall–Kier alpha value is -1.88. The van der Waals surface area contributed by atoms with Gasteiger partial charge in [-0.05, 0) is 19.1 Å². The van der Waals surface area contributed by atoms with Gasteiger partial charge in [0.05, 0.1) is 12.2 Å². The van der Waals surface area contributed by atoms with Gasteiger partial charge < -0.3 is 9.84 Å². The Morgan fingerprint density at radius 2 is 2.35 bits per heavy atom. The molecule has 0 aliphatic rings. The minimum absolute atomic E-state index is 0.272. The molecule has 0 fully saturated rings. The second-order valence-electron chi connectivity index (χ2n) is 3.48. The van der Waals surface area contributed by atoms with Crippen molar-refractivity contribution in [1.29, 1.82) is 0 Å². The zero-order valence-corrected chi connectivity index (χ0v) is 9.86. The first kappa shape index (κ1) is 11.6. The molecule has 5 nitrogen and oxygen atoms in total. The van der Waals surface area contributed by atoms with Crippen LogP contribution >= 0.6 is 11.6 Å². The molecular weight excluding hydrogens is 242 g/mol. The van der Waals surface area contributed by atoms with Gasteiger partial charge in [0.1, 0.15) is 5.69 Å². The number of carbonyl (C=O) groups is 1. The molecule has 17 heavy (non-hydrogen) atoms. The van der Waals surface area contributed by atoms with E-state index in [1.807, 2.05) is 6.92 Å². The molecule has 2 heterocycles. The van der Waals surface area contributed by atoms with E-state index in [1.54, 1.807) is 12.1 Å². The highest BCUT2D eigenvalue weighted by molar-refractivity contribution is 6.30. The second-order valence-corrected chi connectivity index (χ2v) is 3.91. The number of carbonyl (C=O) groups excluding carboxylic acids is 1. The summed E-state index contributed by atoms with van der Waals surface area (Å²) < 4.78 is 4.96. The summed E-state index contributed by atoms with van der Waals surface area (Å²) in [5, 5.41) is 6.85. The number of hydrogen-bond acceptors (Lipinski definition) is 4. The van der Waals surface area contributed by atoms with Crippen LogP contribution in [0.15, 0.2) is 28.9 Å². The highest BCUT2D eigenvalue weighted by Gasteiger charge is 2.08. The lowest BCUT2D eigenvalue weighted by Gasteiger charge is -2.01. The minimum atomic E-state index is -0.304. The molecule has 0 bridgehead atoms. The van der Waals surface area contributed by atoms with E-state index in [9.17, 15) is 4.79 Å². The fourth-order valence-electron chi connectivity index (χ4n) is 1.29. The first-order chi connectivity index (χ1) is 8.15. The number of halogens is 1. The maximum Gasteiger partial charge on any atom is 0.270 e. The monoisotopic (exact) mass is 251 g/mol. The highest BCUT2D eigenvalue weighted by atomic mass is 35.5. The summed E-state index contributed by atoms with van der Waals surface area (Å²) in [6.45, 7) is 2.08. The van der Waals surface area contributed by atoms with Crippen LogP contribution in [-0.2, 0) is 6.54 Å². The fourth-order valence-corrected chi connectivity index (χ4v) is 1.45. The number of rotatable bonds is 3. The molecule has 0 saturated carbocycles. The molecule has 0 radical (unpaired) electrons. The summed E-state index contributed by atoms with van der Waals surface area (Å²) in [6.07, 6.45) is 1.48. The largest absolute Gasteiger partial charge is 0.359 e. The number of aryl methyl sites for hydroxylation is 1. The van der Waals surface area contributed by atoms with Crippen molar-refractivity contribution in [3.63, 3.8) is 0 Å². The van der Waals surface area contributed by atoms with E-state index in [-0.39, 0.29) is 18.1 Å². The molecule has 1 amide bonds. The van der Waals surface area contributed by atoms with Gasteiger partial charge in [0.25, 0.3) is 5.91 Å². The van der Waals surface area contributed by atoms with Gasteiger partial charge in [-0.1, -0.05) is 16.8 Å². The Kier molecular flexibility index (Phi) is 3.39. The molecule has 2 aromatic rings. The summed E-state index contributed by atoms with van der Waals surface area (Å²) in [5.74, 6) is 0.291. The highest BCUT2D eigenvalue weighted by Crippen LogP contribution is 2.08. The fraction of sp³-hybridized carbons (Fsp3) is 0.182. The average Bonchev–Trinajstić information content (AvgIpc) is 2.72. The van der Waals surface area contributed by atoms with Crippen LogP contribution in [0.1, 0.15) is 21.9 Å². The first-order valence-electron chi connectivity index (χ1n) is 4.97. The third-order valence-corrected chi connectivity index (χ3v) is 2.29. The molecule has 0 spiro atoms. The van der Waals surface area contributed by atoms with Crippen molar-refractivity contribution in [2.24, 2.45) is 0 Å². The van der Waals surface area contributed by atoms with Crippen molar-refractivity contribution in [1.82, 2.24) is 15.5 Å². The van der Waals surface area contributed by atoms with Crippen LogP contribution in [0.5, 0.6) is 0 Å². The summed E-state index contributed by atoms with van der Waals surface area (Å²) in [7, 11) is 0. The molecular formula is C11H10ClN3O2. The van der Waals surface area contributed by atoms with Crippen LogP contribution in [0.3, 0.4) is 0 Å². The summed E-state index contributed by atoms with van der Waals surface area (Å²) in [5.41, 5.74) is 1.05. The smallest absolute Gasteiger partial charge is 0.270 e. The van der Waals surface area contributed by atoms with E-state index >= 15 is 0 Å². The molecule has 0 saturated heterocycles. The van der Waals surface area contributed by atoms with Gasteiger partial charge in [-0.3, -0.25) is 9.78 Å². The van der Waals surface area contributed by atoms with Gasteiger partial charge in [-0.25, -0.2) is 0 Å². The third kappa shape index (κ3) is 3.04. The van der Waals surface area contributed by atoms with Crippen molar-refractivity contribution >= 4 is 17.5 Å².